The van der Waals surface area contributed by atoms with Gasteiger partial charge in [-0.1, -0.05) is 6.07 Å². The van der Waals surface area contributed by atoms with Gasteiger partial charge in [-0.2, -0.15) is 0 Å². The second-order valence-electron chi connectivity index (χ2n) is 3.87. The van der Waals surface area contributed by atoms with E-state index in [9.17, 15) is 9.18 Å². The Labute approximate surface area is 96.1 Å². The summed E-state index contributed by atoms with van der Waals surface area (Å²) in [7, 11) is 0. The third-order valence-corrected chi connectivity index (χ3v) is 2.51. The number of hydrogen-bond donors (Lipinski definition) is 0. The summed E-state index contributed by atoms with van der Waals surface area (Å²) in [6, 6.07) is 6.56. The van der Waals surface area contributed by atoms with E-state index in [-0.39, 0.29) is 11.6 Å². The highest BCUT2D eigenvalue weighted by Crippen LogP contribution is 2.15. The number of anilines is 1. The first-order valence-corrected chi connectivity index (χ1v) is 5.63. The molecule has 0 saturated carbocycles. The van der Waals surface area contributed by atoms with Crippen molar-refractivity contribution in [3.05, 3.63) is 30.1 Å². The van der Waals surface area contributed by atoms with Crippen molar-refractivity contribution >= 4 is 11.5 Å². The molecule has 0 aliphatic carbocycles. The molecule has 0 aromatic heterocycles. The molecule has 0 bridgehead atoms. The van der Waals surface area contributed by atoms with Crippen LogP contribution >= 0.6 is 0 Å². The molecule has 0 amide bonds. The maximum absolute atomic E-state index is 13.0. The van der Waals surface area contributed by atoms with Gasteiger partial charge < -0.3 is 9.69 Å². The number of benzene rings is 1. The first-order valence-electron chi connectivity index (χ1n) is 5.63. The van der Waals surface area contributed by atoms with Gasteiger partial charge in [-0.3, -0.25) is 0 Å². The minimum Gasteiger partial charge on any atom is -0.372 e. The lowest BCUT2D eigenvalue weighted by Gasteiger charge is -2.22. The smallest absolute Gasteiger partial charge is 0.129 e. The molecule has 0 radical (unpaired) electrons. The van der Waals surface area contributed by atoms with Crippen LogP contribution in [0.2, 0.25) is 0 Å². The molecule has 0 heterocycles. The minimum atomic E-state index is -0.220. The summed E-state index contributed by atoms with van der Waals surface area (Å²) < 4.78 is 13.0. The lowest BCUT2D eigenvalue weighted by Crippen LogP contribution is -2.24. The van der Waals surface area contributed by atoms with Gasteiger partial charge in [-0.25, -0.2) is 4.39 Å². The van der Waals surface area contributed by atoms with Crippen LogP contribution in [-0.4, -0.2) is 18.9 Å². The van der Waals surface area contributed by atoms with Crippen LogP contribution in [-0.2, 0) is 4.79 Å². The second kappa shape index (κ2) is 6.26. The van der Waals surface area contributed by atoms with E-state index in [1.54, 1.807) is 13.0 Å². The number of Topliss-reactive ketones (excluding diaryl/α,β-unsaturated/α-hetero) is 1. The van der Waals surface area contributed by atoms with Gasteiger partial charge in [0.1, 0.15) is 11.6 Å². The van der Waals surface area contributed by atoms with Crippen LogP contribution in [0, 0.1) is 5.82 Å². The van der Waals surface area contributed by atoms with Crippen molar-refractivity contribution in [1.82, 2.24) is 0 Å². The topological polar surface area (TPSA) is 20.3 Å². The summed E-state index contributed by atoms with van der Waals surface area (Å²) in [5.41, 5.74) is 0.881. The van der Waals surface area contributed by atoms with Crippen LogP contribution in [0.25, 0.3) is 0 Å². The molecule has 3 heteroatoms. The second-order valence-corrected chi connectivity index (χ2v) is 3.87. The van der Waals surface area contributed by atoms with Crippen molar-refractivity contribution in [2.24, 2.45) is 0 Å². The third kappa shape index (κ3) is 4.01. The number of nitrogens with zero attached hydrogens (tertiary/aromatic N) is 1. The lowest BCUT2D eigenvalue weighted by atomic mass is 10.2. The van der Waals surface area contributed by atoms with Crippen molar-refractivity contribution < 1.29 is 9.18 Å². The Morgan fingerprint density at radius 3 is 2.75 bits per heavy atom. The fourth-order valence-corrected chi connectivity index (χ4v) is 1.66. The van der Waals surface area contributed by atoms with Crippen molar-refractivity contribution in [2.45, 2.75) is 26.7 Å². The maximum Gasteiger partial charge on any atom is 0.129 e. The zero-order valence-electron chi connectivity index (χ0n) is 9.87. The summed E-state index contributed by atoms with van der Waals surface area (Å²) in [5.74, 6) is -0.0159. The molecule has 0 atom stereocenters. The average molecular weight is 223 g/mol. The van der Waals surface area contributed by atoms with E-state index < -0.39 is 0 Å². The Balaban J connectivity index is 2.57. The predicted molar refractivity (Wildman–Crippen MR) is 64.2 cm³/mol. The van der Waals surface area contributed by atoms with Crippen LogP contribution in [0.1, 0.15) is 26.7 Å². The van der Waals surface area contributed by atoms with E-state index in [4.69, 9.17) is 0 Å². The number of carbonyl (C=O) groups is 1. The van der Waals surface area contributed by atoms with E-state index in [0.717, 1.165) is 25.2 Å². The Morgan fingerprint density at radius 2 is 2.19 bits per heavy atom. The SMILES string of the molecule is CCN(CCCC(C)=O)c1cccc(F)c1. The highest BCUT2D eigenvalue weighted by atomic mass is 19.1. The van der Waals surface area contributed by atoms with Crippen LogP contribution < -0.4 is 4.90 Å². The summed E-state index contributed by atoms with van der Waals surface area (Å²) in [5, 5.41) is 0. The van der Waals surface area contributed by atoms with Gasteiger partial charge in [-0.05, 0) is 38.5 Å². The molecule has 88 valence electrons. The molecule has 0 unspecified atom stereocenters. The van der Waals surface area contributed by atoms with E-state index in [1.807, 2.05) is 13.0 Å². The minimum absolute atomic E-state index is 0.204. The summed E-state index contributed by atoms with van der Waals surface area (Å²) in [4.78, 5) is 12.9. The van der Waals surface area contributed by atoms with Gasteiger partial charge in [0.2, 0.25) is 0 Å². The standard InChI is InChI=1S/C13H18FNO/c1-3-15(9-5-6-11(2)16)13-8-4-7-12(14)10-13/h4,7-8,10H,3,5-6,9H2,1-2H3. The quantitative estimate of drug-likeness (QED) is 0.738. The van der Waals surface area contributed by atoms with Gasteiger partial charge in [0.25, 0.3) is 0 Å². The molecule has 0 spiro atoms. The molecule has 16 heavy (non-hydrogen) atoms. The van der Waals surface area contributed by atoms with Crippen LogP contribution in [0.5, 0.6) is 0 Å². The Bertz CT molecular complexity index is 352. The Kier molecular flexibility index (Phi) is 4.96. The zero-order chi connectivity index (χ0) is 12.0. The summed E-state index contributed by atoms with van der Waals surface area (Å²) >= 11 is 0. The molecule has 1 rings (SSSR count). The monoisotopic (exact) mass is 223 g/mol. The van der Waals surface area contributed by atoms with Gasteiger partial charge in [0, 0.05) is 25.2 Å². The molecule has 0 fully saturated rings. The molecule has 0 aliphatic heterocycles. The maximum atomic E-state index is 13.0. The molecular formula is C13H18FNO. The van der Waals surface area contributed by atoms with Gasteiger partial charge in [0.15, 0.2) is 0 Å². The third-order valence-electron chi connectivity index (χ3n) is 2.51. The normalized spacial score (nSPS) is 10.2. The lowest BCUT2D eigenvalue weighted by molar-refractivity contribution is -0.117. The first kappa shape index (κ1) is 12.7. The van der Waals surface area contributed by atoms with Crippen LogP contribution in [0.4, 0.5) is 10.1 Å². The van der Waals surface area contributed by atoms with Crippen molar-refractivity contribution in [3.8, 4) is 0 Å². The van der Waals surface area contributed by atoms with Crippen molar-refractivity contribution in [1.29, 1.82) is 0 Å². The summed E-state index contributed by atoms with van der Waals surface area (Å²) in [6.07, 6.45) is 1.41. The Hall–Kier alpha value is -1.38. The van der Waals surface area contributed by atoms with Crippen LogP contribution in [0.15, 0.2) is 24.3 Å². The molecule has 2 nitrogen and oxygen atoms in total. The van der Waals surface area contributed by atoms with Gasteiger partial charge in [0.05, 0.1) is 0 Å². The molecular weight excluding hydrogens is 205 g/mol. The number of hydrogen-bond acceptors (Lipinski definition) is 2. The highest BCUT2D eigenvalue weighted by molar-refractivity contribution is 5.75. The molecule has 1 aromatic rings. The van der Waals surface area contributed by atoms with E-state index >= 15 is 0 Å². The van der Waals surface area contributed by atoms with Crippen LogP contribution in [0.3, 0.4) is 0 Å². The largest absolute Gasteiger partial charge is 0.372 e. The molecule has 0 aliphatic rings. The predicted octanol–water partition coefficient (Wildman–Crippen LogP) is 3.02. The number of carbonyl (C=O) groups excluding carboxylic acids is 1. The van der Waals surface area contributed by atoms with E-state index in [0.29, 0.717) is 6.42 Å². The number of halogens is 1. The van der Waals surface area contributed by atoms with Gasteiger partial charge >= 0.3 is 0 Å². The van der Waals surface area contributed by atoms with Crippen molar-refractivity contribution in [2.75, 3.05) is 18.0 Å². The molecule has 0 N–H and O–H groups in total. The fraction of sp³-hybridized carbons (Fsp3) is 0.462. The zero-order valence-corrected chi connectivity index (χ0v) is 9.87. The summed E-state index contributed by atoms with van der Waals surface area (Å²) in [6.45, 7) is 5.23. The fourth-order valence-electron chi connectivity index (χ4n) is 1.66. The highest BCUT2D eigenvalue weighted by Gasteiger charge is 2.05. The van der Waals surface area contributed by atoms with Gasteiger partial charge in [-0.15, -0.1) is 0 Å². The molecule has 0 saturated heterocycles. The van der Waals surface area contributed by atoms with Crippen molar-refractivity contribution in [3.63, 3.8) is 0 Å². The number of rotatable bonds is 6. The van der Waals surface area contributed by atoms with E-state index in [1.165, 1.54) is 12.1 Å². The first-order chi connectivity index (χ1) is 7.63. The number of ketones is 1. The molecule has 1 aromatic carbocycles. The average Bonchev–Trinajstić information content (AvgIpc) is 2.24. The van der Waals surface area contributed by atoms with E-state index in [2.05, 4.69) is 4.90 Å². The Morgan fingerprint density at radius 1 is 1.44 bits per heavy atom.